The van der Waals surface area contributed by atoms with Crippen molar-refractivity contribution in [3.05, 3.63) is 106 Å². The monoisotopic (exact) mass is 472 g/mol. The molecule has 8 nitrogen and oxygen atoms in total. The quantitative estimate of drug-likeness (QED) is 0.380. The van der Waals surface area contributed by atoms with Crippen LogP contribution in [0, 0.1) is 10.1 Å². The zero-order valence-electron chi connectivity index (χ0n) is 19.3. The summed E-state index contributed by atoms with van der Waals surface area (Å²) in [6.45, 7) is 0.368. The van der Waals surface area contributed by atoms with Gasteiger partial charge in [0.15, 0.2) is 0 Å². The molecule has 0 aromatic heterocycles. The lowest BCUT2D eigenvalue weighted by Crippen LogP contribution is -2.51. The van der Waals surface area contributed by atoms with Crippen molar-refractivity contribution in [2.24, 2.45) is 5.73 Å². The van der Waals surface area contributed by atoms with Crippen molar-refractivity contribution in [1.29, 1.82) is 0 Å². The fourth-order valence-corrected chi connectivity index (χ4v) is 4.50. The Morgan fingerprint density at radius 1 is 0.943 bits per heavy atom. The first-order chi connectivity index (χ1) is 16.9. The molecule has 180 valence electrons. The van der Waals surface area contributed by atoms with Gasteiger partial charge < -0.3 is 16.0 Å². The largest absolute Gasteiger partial charge is 0.330 e. The fraction of sp³-hybridized carbons (Fsp3) is 0.259. The lowest BCUT2D eigenvalue weighted by molar-refractivity contribution is -0.384. The van der Waals surface area contributed by atoms with Crippen molar-refractivity contribution in [1.82, 2.24) is 4.90 Å². The van der Waals surface area contributed by atoms with Gasteiger partial charge in [0.1, 0.15) is 0 Å². The number of nitrogens with two attached hydrogens (primary N) is 1. The molecule has 35 heavy (non-hydrogen) atoms. The molecular weight excluding hydrogens is 444 g/mol. The van der Waals surface area contributed by atoms with Gasteiger partial charge in [-0.15, -0.1) is 0 Å². The maximum Gasteiger partial charge on any atom is 0.269 e. The highest BCUT2D eigenvalue weighted by Gasteiger charge is 2.31. The molecule has 0 heterocycles. The van der Waals surface area contributed by atoms with Crippen molar-refractivity contribution >= 4 is 23.2 Å². The third-order valence-corrected chi connectivity index (χ3v) is 6.34. The molecule has 1 fully saturated rings. The van der Waals surface area contributed by atoms with Gasteiger partial charge in [-0.2, -0.15) is 0 Å². The van der Waals surface area contributed by atoms with Crippen LogP contribution in [-0.4, -0.2) is 33.7 Å². The van der Waals surface area contributed by atoms with Crippen molar-refractivity contribution in [3.8, 4) is 0 Å². The van der Waals surface area contributed by atoms with Gasteiger partial charge >= 0.3 is 0 Å². The van der Waals surface area contributed by atoms with E-state index >= 15 is 0 Å². The van der Waals surface area contributed by atoms with Crippen LogP contribution in [0.2, 0.25) is 0 Å². The number of carbonyl (C=O) groups excluding carboxylic acids is 2. The average molecular weight is 473 g/mol. The summed E-state index contributed by atoms with van der Waals surface area (Å²) in [6, 6.07) is 21.8. The van der Waals surface area contributed by atoms with Gasteiger partial charge in [0.2, 0.25) is 0 Å². The number of nitro benzene ring substituents is 1. The zero-order valence-corrected chi connectivity index (χ0v) is 19.3. The van der Waals surface area contributed by atoms with E-state index in [4.69, 9.17) is 5.73 Å². The smallest absolute Gasteiger partial charge is 0.269 e. The SMILES string of the molecule is NC1CCCCC1N(Cc1cccc(NC(=O)c2ccc([N+](=O)[O-])cc2)c1)C(=O)c1ccccc1. The maximum absolute atomic E-state index is 13.5. The number of hydrogen-bond acceptors (Lipinski definition) is 5. The molecule has 3 aromatic carbocycles. The molecule has 0 bridgehead atoms. The van der Waals surface area contributed by atoms with Crippen LogP contribution in [0.4, 0.5) is 11.4 Å². The number of carbonyl (C=O) groups is 2. The molecule has 1 aliphatic rings. The summed E-state index contributed by atoms with van der Waals surface area (Å²) in [4.78, 5) is 38.3. The topological polar surface area (TPSA) is 119 Å². The summed E-state index contributed by atoms with van der Waals surface area (Å²) in [7, 11) is 0. The summed E-state index contributed by atoms with van der Waals surface area (Å²) in [5, 5.41) is 13.7. The molecule has 8 heteroatoms. The molecule has 1 aliphatic carbocycles. The van der Waals surface area contributed by atoms with Crippen LogP contribution in [0.1, 0.15) is 52.0 Å². The Balaban J connectivity index is 1.53. The number of nitrogens with zero attached hydrogens (tertiary/aromatic N) is 2. The van der Waals surface area contributed by atoms with Crippen LogP contribution in [0.5, 0.6) is 0 Å². The molecule has 2 atom stereocenters. The summed E-state index contributed by atoms with van der Waals surface area (Å²) in [5.41, 5.74) is 8.75. The number of rotatable bonds is 7. The number of hydrogen-bond donors (Lipinski definition) is 2. The number of nitrogens with one attached hydrogen (secondary N) is 1. The van der Waals surface area contributed by atoms with E-state index in [0.717, 1.165) is 31.2 Å². The highest BCUT2D eigenvalue weighted by molar-refractivity contribution is 6.04. The van der Waals surface area contributed by atoms with E-state index in [0.29, 0.717) is 23.4 Å². The second kappa shape index (κ2) is 10.9. The summed E-state index contributed by atoms with van der Waals surface area (Å²) in [5.74, 6) is -0.433. The fourth-order valence-electron chi connectivity index (χ4n) is 4.50. The first-order valence-electron chi connectivity index (χ1n) is 11.7. The predicted octanol–water partition coefficient (Wildman–Crippen LogP) is 4.76. The minimum absolute atomic E-state index is 0.0604. The van der Waals surface area contributed by atoms with Crippen molar-refractivity contribution in [2.45, 2.75) is 44.3 Å². The van der Waals surface area contributed by atoms with Gasteiger partial charge in [0.25, 0.3) is 17.5 Å². The molecule has 0 radical (unpaired) electrons. The third-order valence-electron chi connectivity index (χ3n) is 6.34. The standard InChI is InChI=1S/C27H28N4O4/c28-24-11-4-5-12-25(24)30(27(33)21-8-2-1-3-9-21)18-19-7-6-10-22(17-19)29-26(32)20-13-15-23(16-14-20)31(34)35/h1-3,6-10,13-17,24-25H,4-5,11-12,18,28H2,(H,29,32). The molecule has 1 saturated carbocycles. The van der Waals surface area contributed by atoms with E-state index in [1.54, 1.807) is 6.07 Å². The van der Waals surface area contributed by atoms with Crippen LogP contribution in [0.3, 0.4) is 0 Å². The first-order valence-corrected chi connectivity index (χ1v) is 11.7. The molecule has 3 N–H and O–H groups in total. The Morgan fingerprint density at radius 3 is 2.34 bits per heavy atom. The minimum Gasteiger partial charge on any atom is -0.330 e. The first kappa shape index (κ1) is 24.1. The van der Waals surface area contributed by atoms with Crippen molar-refractivity contribution in [2.75, 3.05) is 5.32 Å². The summed E-state index contributed by atoms with van der Waals surface area (Å²) in [6.07, 6.45) is 3.84. The highest BCUT2D eigenvalue weighted by atomic mass is 16.6. The number of nitro groups is 1. The van der Waals surface area contributed by atoms with Crippen LogP contribution < -0.4 is 11.1 Å². The van der Waals surface area contributed by atoms with Crippen LogP contribution in [-0.2, 0) is 6.54 Å². The highest BCUT2D eigenvalue weighted by Crippen LogP contribution is 2.26. The number of non-ortho nitro benzene ring substituents is 1. The summed E-state index contributed by atoms with van der Waals surface area (Å²) >= 11 is 0. The van der Waals surface area contributed by atoms with Crippen molar-refractivity contribution in [3.63, 3.8) is 0 Å². The van der Waals surface area contributed by atoms with Crippen molar-refractivity contribution < 1.29 is 14.5 Å². The van der Waals surface area contributed by atoms with Gasteiger partial charge in [-0.05, 0) is 54.8 Å². The van der Waals surface area contributed by atoms with E-state index < -0.39 is 4.92 Å². The molecule has 2 unspecified atom stereocenters. The third kappa shape index (κ3) is 5.91. The van der Waals surface area contributed by atoms with E-state index in [2.05, 4.69) is 5.32 Å². The Morgan fingerprint density at radius 2 is 1.66 bits per heavy atom. The lowest BCUT2D eigenvalue weighted by Gasteiger charge is -2.38. The Labute approximate surface area is 203 Å². The maximum atomic E-state index is 13.5. The van der Waals surface area contributed by atoms with Crippen LogP contribution in [0.25, 0.3) is 0 Å². The normalized spacial score (nSPS) is 17.4. The molecule has 0 spiro atoms. The van der Waals surface area contributed by atoms with Crippen LogP contribution >= 0.6 is 0 Å². The molecule has 0 saturated heterocycles. The van der Waals surface area contributed by atoms with Gasteiger partial charge in [-0.3, -0.25) is 19.7 Å². The zero-order chi connectivity index (χ0) is 24.8. The number of benzene rings is 3. The molecule has 2 amide bonds. The second-order valence-corrected chi connectivity index (χ2v) is 8.77. The lowest BCUT2D eigenvalue weighted by atomic mass is 9.89. The predicted molar refractivity (Wildman–Crippen MR) is 134 cm³/mol. The van der Waals surface area contributed by atoms with E-state index in [-0.39, 0.29) is 29.6 Å². The minimum atomic E-state index is -0.508. The number of amides is 2. The van der Waals surface area contributed by atoms with E-state index in [9.17, 15) is 19.7 Å². The summed E-state index contributed by atoms with van der Waals surface area (Å²) < 4.78 is 0. The van der Waals surface area contributed by atoms with E-state index in [1.807, 2.05) is 53.4 Å². The Kier molecular flexibility index (Phi) is 7.52. The Hall–Kier alpha value is -4.04. The molecule has 4 rings (SSSR count). The molecular formula is C27H28N4O4. The molecule has 0 aliphatic heterocycles. The van der Waals surface area contributed by atoms with Gasteiger partial charge in [0, 0.05) is 47.6 Å². The number of anilines is 1. The van der Waals surface area contributed by atoms with Gasteiger partial charge in [-0.25, -0.2) is 0 Å². The van der Waals surface area contributed by atoms with Gasteiger partial charge in [0.05, 0.1) is 4.92 Å². The molecule has 3 aromatic rings. The average Bonchev–Trinajstić information content (AvgIpc) is 2.88. The van der Waals surface area contributed by atoms with E-state index in [1.165, 1.54) is 24.3 Å². The van der Waals surface area contributed by atoms with Crippen LogP contribution in [0.15, 0.2) is 78.9 Å². The second-order valence-electron chi connectivity index (χ2n) is 8.77. The van der Waals surface area contributed by atoms with Gasteiger partial charge in [-0.1, -0.05) is 43.2 Å². The Bertz CT molecular complexity index is 1200.